The number of likely N-dealkylation sites (tertiary alicyclic amines) is 1. The first-order chi connectivity index (χ1) is 11.9. The Bertz CT molecular complexity index is 619. The molecule has 1 aromatic heterocycles. The molecule has 2 heterocycles. The molecule has 8 heteroatoms. The number of nitrogens with one attached hydrogen (secondary N) is 1. The van der Waals surface area contributed by atoms with E-state index in [1.54, 1.807) is 7.05 Å². The molecular weight excluding hydrogens is 465 g/mol. The van der Waals surface area contributed by atoms with Gasteiger partial charge in [-0.25, -0.2) is 0 Å². The Kier molecular flexibility index (Phi) is 9.78. The van der Waals surface area contributed by atoms with E-state index < -0.39 is 0 Å². The molecule has 0 radical (unpaired) electrons. The normalized spacial score (nSPS) is 17.7. The molecule has 0 aromatic carbocycles. The third-order valence-corrected chi connectivity index (χ3v) is 4.89. The van der Waals surface area contributed by atoms with Crippen LogP contribution in [0.25, 0.3) is 0 Å². The Morgan fingerprint density at radius 2 is 2.23 bits per heavy atom. The van der Waals surface area contributed by atoms with Crippen LogP contribution in [-0.4, -0.2) is 60.0 Å². The van der Waals surface area contributed by atoms with E-state index in [0.717, 1.165) is 36.2 Å². The summed E-state index contributed by atoms with van der Waals surface area (Å²) in [6.07, 6.45) is 4.72. The van der Waals surface area contributed by atoms with Crippen LogP contribution in [0.4, 0.5) is 0 Å². The van der Waals surface area contributed by atoms with Crippen molar-refractivity contribution in [1.82, 2.24) is 19.7 Å². The van der Waals surface area contributed by atoms with E-state index in [1.807, 2.05) is 40.7 Å². The van der Waals surface area contributed by atoms with Gasteiger partial charge in [-0.05, 0) is 24.8 Å². The molecule has 1 aliphatic heterocycles. The second kappa shape index (κ2) is 11.0. The summed E-state index contributed by atoms with van der Waals surface area (Å²) in [5.74, 6) is 1.62. The third kappa shape index (κ3) is 6.64. The second-order valence-corrected chi connectivity index (χ2v) is 7.36. The van der Waals surface area contributed by atoms with Crippen LogP contribution in [-0.2, 0) is 18.4 Å². The van der Waals surface area contributed by atoms with Gasteiger partial charge >= 0.3 is 0 Å². The Labute approximate surface area is 179 Å². The maximum atomic E-state index is 12.3. The maximum absolute atomic E-state index is 12.3. The summed E-state index contributed by atoms with van der Waals surface area (Å²) in [5, 5.41) is 4.01. The molecular formula is C18H31ClIN5O. The molecule has 1 aliphatic rings. The molecule has 0 aliphatic carbocycles. The molecule has 1 saturated heterocycles. The zero-order valence-electron chi connectivity index (χ0n) is 16.2. The first kappa shape index (κ1) is 23.1. The predicted octanol–water partition coefficient (Wildman–Crippen LogP) is 2.95. The molecule has 1 aromatic rings. The van der Waals surface area contributed by atoms with E-state index in [2.05, 4.69) is 17.2 Å². The molecule has 1 amide bonds. The van der Waals surface area contributed by atoms with Gasteiger partial charge in [-0.15, -0.1) is 24.0 Å². The molecule has 6 nitrogen and oxygen atoms in total. The van der Waals surface area contributed by atoms with Gasteiger partial charge in [0.05, 0.1) is 11.6 Å². The lowest BCUT2D eigenvalue weighted by Gasteiger charge is -2.31. The maximum Gasteiger partial charge on any atom is 0.224 e. The van der Waals surface area contributed by atoms with Gasteiger partial charge in [-0.1, -0.05) is 18.5 Å². The standard InChI is InChI=1S/C18H30ClN5O.HI/c1-14-6-5-9-24(11-14)17(25)7-8-21-18(20-2)23(4)13-16-10-15(19)12-22(16)3;/h10,12,14H,5-9,11,13H2,1-4H3,(H,20,21);1H. The van der Waals surface area contributed by atoms with Gasteiger partial charge in [0.25, 0.3) is 0 Å². The zero-order valence-corrected chi connectivity index (χ0v) is 19.3. The number of aryl methyl sites for hydroxylation is 1. The molecule has 148 valence electrons. The highest BCUT2D eigenvalue weighted by atomic mass is 127. The van der Waals surface area contributed by atoms with Crippen molar-refractivity contribution in [3.05, 3.63) is 23.0 Å². The first-order valence-corrected chi connectivity index (χ1v) is 9.28. The SMILES string of the molecule is CN=C(NCCC(=O)N1CCCC(C)C1)N(C)Cc1cc(Cl)cn1C.I. The molecule has 0 spiro atoms. The van der Waals surface area contributed by atoms with Crippen LogP contribution < -0.4 is 5.32 Å². The summed E-state index contributed by atoms with van der Waals surface area (Å²) < 4.78 is 2.01. The average Bonchev–Trinajstić information content (AvgIpc) is 2.88. The number of nitrogens with zero attached hydrogens (tertiary/aromatic N) is 4. The quantitative estimate of drug-likeness (QED) is 0.388. The number of aliphatic imine (C=N–C) groups is 1. The fourth-order valence-electron chi connectivity index (χ4n) is 3.28. The van der Waals surface area contributed by atoms with E-state index in [1.165, 1.54) is 6.42 Å². The van der Waals surface area contributed by atoms with Crippen molar-refractivity contribution < 1.29 is 4.79 Å². The fraction of sp³-hybridized carbons (Fsp3) is 0.667. The van der Waals surface area contributed by atoms with E-state index in [9.17, 15) is 4.79 Å². The number of carbonyl (C=O) groups excluding carboxylic acids is 1. The van der Waals surface area contributed by atoms with Gasteiger partial charge in [-0.2, -0.15) is 0 Å². The van der Waals surface area contributed by atoms with Crippen LogP contribution in [0.1, 0.15) is 31.9 Å². The van der Waals surface area contributed by atoms with Crippen molar-refractivity contribution in [3.63, 3.8) is 0 Å². The van der Waals surface area contributed by atoms with Crippen LogP contribution in [0.3, 0.4) is 0 Å². The highest BCUT2D eigenvalue weighted by Crippen LogP contribution is 2.16. The van der Waals surface area contributed by atoms with Crippen molar-refractivity contribution in [3.8, 4) is 0 Å². The summed E-state index contributed by atoms with van der Waals surface area (Å²) in [5.41, 5.74) is 1.11. The number of halogens is 2. The third-order valence-electron chi connectivity index (χ3n) is 4.68. The summed E-state index contributed by atoms with van der Waals surface area (Å²) in [4.78, 5) is 20.7. The molecule has 0 bridgehead atoms. The van der Waals surface area contributed by atoms with Crippen molar-refractivity contribution in [2.45, 2.75) is 32.7 Å². The molecule has 2 rings (SSSR count). The Hall–Kier alpha value is -0.960. The number of amides is 1. The van der Waals surface area contributed by atoms with E-state index in [-0.39, 0.29) is 29.9 Å². The predicted molar refractivity (Wildman–Crippen MR) is 118 cm³/mol. The highest BCUT2D eigenvalue weighted by molar-refractivity contribution is 14.0. The smallest absolute Gasteiger partial charge is 0.224 e. The molecule has 1 fully saturated rings. The summed E-state index contributed by atoms with van der Waals surface area (Å²) in [6.45, 7) is 5.28. The van der Waals surface area contributed by atoms with Crippen LogP contribution in [0.15, 0.2) is 17.3 Å². The van der Waals surface area contributed by atoms with Gasteiger partial charge in [0, 0.05) is 59.1 Å². The number of piperidine rings is 1. The highest BCUT2D eigenvalue weighted by Gasteiger charge is 2.20. The Morgan fingerprint density at radius 1 is 1.50 bits per heavy atom. The van der Waals surface area contributed by atoms with Crippen molar-refractivity contribution in [2.75, 3.05) is 33.7 Å². The molecule has 26 heavy (non-hydrogen) atoms. The van der Waals surface area contributed by atoms with Crippen LogP contribution in [0.2, 0.25) is 5.02 Å². The van der Waals surface area contributed by atoms with Gasteiger partial charge in [-0.3, -0.25) is 9.79 Å². The Morgan fingerprint density at radius 3 is 2.81 bits per heavy atom. The summed E-state index contributed by atoms with van der Waals surface area (Å²) in [6, 6.07) is 1.95. The second-order valence-electron chi connectivity index (χ2n) is 6.93. The van der Waals surface area contributed by atoms with Crippen molar-refractivity contribution in [2.24, 2.45) is 18.0 Å². The minimum atomic E-state index is 0. The monoisotopic (exact) mass is 495 g/mol. The first-order valence-electron chi connectivity index (χ1n) is 8.91. The zero-order chi connectivity index (χ0) is 18.4. The molecule has 1 unspecified atom stereocenters. The van der Waals surface area contributed by atoms with Gasteiger partial charge < -0.3 is 19.7 Å². The number of rotatable bonds is 5. The van der Waals surface area contributed by atoms with E-state index in [0.29, 0.717) is 25.4 Å². The minimum absolute atomic E-state index is 0. The van der Waals surface area contributed by atoms with Crippen LogP contribution >= 0.6 is 35.6 Å². The van der Waals surface area contributed by atoms with Gasteiger partial charge in [0.2, 0.25) is 5.91 Å². The van der Waals surface area contributed by atoms with Gasteiger partial charge in [0.1, 0.15) is 0 Å². The number of guanidine groups is 1. The fourth-order valence-corrected chi connectivity index (χ4v) is 3.55. The largest absolute Gasteiger partial charge is 0.356 e. The minimum Gasteiger partial charge on any atom is -0.356 e. The number of hydrogen-bond acceptors (Lipinski definition) is 2. The number of carbonyl (C=O) groups is 1. The number of hydrogen-bond donors (Lipinski definition) is 1. The topological polar surface area (TPSA) is 52.9 Å². The Balaban J connectivity index is 0.00000338. The molecule has 0 saturated carbocycles. The van der Waals surface area contributed by atoms with E-state index in [4.69, 9.17) is 11.6 Å². The lowest BCUT2D eigenvalue weighted by Crippen LogP contribution is -2.43. The lowest BCUT2D eigenvalue weighted by molar-refractivity contribution is -0.132. The number of aromatic nitrogens is 1. The van der Waals surface area contributed by atoms with Crippen molar-refractivity contribution in [1.29, 1.82) is 0 Å². The van der Waals surface area contributed by atoms with Gasteiger partial charge in [0.15, 0.2) is 5.96 Å². The van der Waals surface area contributed by atoms with Crippen LogP contribution in [0, 0.1) is 5.92 Å². The average molecular weight is 496 g/mol. The lowest BCUT2D eigenvalue weighted by atomic mass is 10.00. The van der Waals surface area contributed by atoms with E-state index >= 15 is 0 Å². The molecule has 1 N–H and O–H groups in total. The summed E-state index contributed by atoms with van der Waals surface area (Å²) >= 11 is 6.04. The summed E-state index contributed by atoms with van der Waals surface area (Å²) in [7, 11) is 5.71. The van der Waals surface area contributed by atoms with Crippen LogP contribution in [0.5, 0.6) is 0 Å². The van der Waals surface area contributed by atoms with Crippen molar-refractivity contribution >= 4 is 47.4 Å². The molecule has 1 atom stereocenters.